The molecule has 2 N–H and O–H groups in total. The van der Waals surface area contributed by atoms with E-state index in [0.29, 0.717) is 0 Å². The fraction of sp³-hybridized carbons (Fsp3) is 0.143. The monoisotopic (exact) mass is 376 g/mol. The number of nitrogens with zero attached hydrogens (tertiary/aromatic N) is 2. The predicted molar refractivity (Wildman–Crippen MR) is 107 cm³/mol. The standard InChI is InChI=1S/C21H20N4O3/c1-3-19(26)23-11-17(16-9-8-14-6-4-5-7-15(14)10-16)24-21(28)18-13-25(2)20(27)12-22-18/h3-10,12-13,17H,1,11H2,2H3,(H,23,26)(H,24,28). The van der Waals surface area contributed by atoms with Gasteiger partial charge in [-0.3, -0.25) is 14.4 Å². The van der Waals surface area contributed by atoms with Crippen molar-refractivity contribution in [2.75, 3.05) is 6.54 Å². The van der Waals surface area contributed by atoms with Gasteiger partial charge in [0, 0.05) is 19.8 Å². The summed E-state index contributed by atoms with van der Waals surface area (Å²) in [6, 6.07) is 13.2. The van der Waals surface area contributed by atoms with E-state index in [2.05, 4.69) is 22.2 Å². The van der Waals surface area contributed by atoms with Gasteiger partial charge in [-0.2, -0.15) is 0 Å². The number of rotatable bonds is 6. The first-order chi connectivity index (χ1) is 13.5. The molecular formula is C21H20N4O3. The zero-order chi connectivity index (χ0) is 20.1. The van der Waals surface area contributed by atoms with Crippen LogP contribution in [0.15, 0.2) is 72.3 Å². The van der Waals surface area contributed by atoms with E-state index in [4.69, 9.17) is 0 Å². The quantitative estimate of drug-likeness (QED) is 0.641. The zero-order valence-electron chi connectivity index (χ0n) is 15.4. The van der Waals surface area contributed by atoms with Gasteiger partial charge in [-0.15, -0.1) is 0 Å². The fourth-order valence-electron chi connectivity index (χ4n) is 2.80. The first kappa shape index (κ1) is 19.0. The highest BCUT2D eigenvalue weighted by Crippen LogP contribution is 2.20. The number of amides is 2. The maximum atomic E-state index is 12.6. The number of aromatic nitrogens is 2. The lowest BCUT2D eigenvalue weighted by Crippen LogP contribution is -2.38. The molecule has 0 aliphatic carbocycles. The van der Waals surface area contributed by atoms with Gasteiger partial charge < -0.3 is 15.2 Å². The molecular weight excluding hydrogens is 356 g/mol. The summed E-state index contributed by atoms with van der Waals surface area (Å²) in [5, 5.41) is 7.68. The number of hydrogen-bond acceptors (Lipinski definition) is 4. The SMILES string of the molecule is C=CC(=O)NCC(NC(=O)c1cn(C)c(=O)cn1)c1ccc2ccccc2c1. The Morgan fingerprint density at radius 1 is 1.21 bits per heavy atom. The van der Waals surface area contributed by atoms with Crippen LogP contribution in [0, 0.1) is 0 Å². The van der Waals surface area contributed by atoms with E-state index in [9.17, 15) is 14.4 Å². The van der Waals surface area contributed by atoms with Crippen LogP contribution in [0.2, 0.25) is 0 Å². The molecule has 7 heteroatoms. The van der Waals surface area contributed by atoms with Gasteiger partial charge in [0.05, 0.1) is 12.2 Å². The molecule has 0 bridgehead atoms. The van der Waals surface area contributed by atoms with E-state index >= 15 is 0 Å². The Labute approximate surface area is 161 Å². The summed E-state index contributed by atoms with van der Waals surface area (Å²) in [7, 11) is 1.55. The Balaban J connectivity index is 1.89. The molecule has 1 unspecified atom stereocenters. The van der Waals surface area contributed by atoms with E-state index in [1.165, 1.54) is 16.8 Å². The van der Waals surface area contributed by atoms with E-state index < -0.39 is 11.9 Å². The molecule has 0 saturated carbocycles. The van der Waals surface area contributed by atoms with Gasteiger partial charge in [-0.1, -0.05) is 43.0 Å². The Kier molecular flexibility index (Phi) is 5.64. The number of hydrogen-bond donors (Lipinski definition) is 2. The molecule has 0 spiro atoms. The molecule has 0 aliphatic rings. The van der Waals surface area contributed by atoms with Gasteiger partial charge in [0.2, 0.25) is 5.91 Å². The van der Waals surface area contributed by atoms with Crippen molar-refractivity contribution in [3.63, 3.8) is 0 Å². The van der Waals surface area contributed by atoms with Crippen LogP contribution in [-0.4, -0.2) is 27.9 Å². The van der Waals surface area contributed by atoms with E-state index in [-0.39, 0.29) is 23.7 Å². The second-order valence-electron chi connectivity index (χ2n) is 6.30. The largest absolute Gasteiger partial charge is 0.350 e. The fourth-order valence-corrected chi connectivity index (χ4v) is 2.80. The number of fused-ring (bicyclic) bond motifs is 1. The lowest BCUT2D eigenvalue weighted by Gasteiger charge is -2.20. The molecule has 1 heterocycles. The first-order valence-electron chi connectivity index (χ1n) is 8.70. The Morgan fingerprint density at radius 2 is 1.96 bits per heavy atom. The lowest BCUT2D eigenvalue weighted by molar-refractivity contribution is -0.116. The number of benzene rings is 2. The third kappa shape index (κ3) is 4.32. The van der Waals surface area contributed by atoms with Crippen molar-refractivity contribution >= 4 is 22.6 Å². The smallest absolute Gasteiger partial charge is 0.271 e. The van der Waals surface area contributed by atoms with Crippen LogP contribution >= 0.6 is 0 Å². The molecule has 2 amide bonds. The molecule has 28 heavy (non-hydrogen) atoms. The lowest BCUT2D eigenvalue weighted by atomic mass is 10.0. The van der Waals surface area contributed by atoms with Crippen molar-refractivity contribution in [2.24, 2.45) is 7.05 Å². The van der Waals surface area contributed by atoms with Crippen LogP contribution in [0.4, 0.5) is 0 Å². The second-order valence-corrected chi connectivity index (χ2v) is 6.30. The van der Waals surface area contributed by atoms with Crippen LogP contribution in [0.1, 0.15) is 22.1 Å². The highest BCUT2D eigenvalue weighted by atomic mass is 16.2. The van der Waals surface area contributed by atoms with Gasteiger partial charge in [0.1, 0.15) is 5.69 Å². The average Bonchev–Trinajstić information content (AvgIpc) is 2.72. The topological polar surface area (TPSA) is 93.1 Å². The average molecular weight is 376 g/mol. The molecule has 0 radical (unpaired) electrons. The van der Waals surface area contributed by atoms with Crippen molar-refractivity contribution in [3.8, 4) is 0 Å². The molecule has 3 aromatic rings. The predicted octanol–water partition coefficient (Wildman–Crippen LogP) is 1.71. The molecule has 7 nitrogen and oxygen atoms in total. The minimum Gasteiger partial charge on any atom is -0.350 e. The van der Waals surface area contributed by atoms with Crippen LogP contribution in [0.3, 0.4) is 0 Å². The first-order valence-corrected chi connectivity index (χ1v) is 8.70. The summed E-state index contributed by atoms with van der Waals surface area (Å²) in [4.78, 5) is 39.6. The van der Waals surface area contributed by atoms with Gasteiger partial charge >= 0.3 is 0 Å². The summed E-state index contributed by atoms with van der Waals surface area (Å²) in [5.41, 5.74) is 0.644. The second kappa shape index (κ2) is 8.30. The van der Waals surface area contributed by atoms with Crippen molar-refractivity contribution in [1.29, 1.82) is 0 Å². The van der Waals surface area contributed by atoms with Crippen LogP contribution in [0.5, 0.6) is 0 Å². The zero-order valence-corrected chi connectivity index (χ0v) is 15.4. The van der Waals surface area contributed by atoms with E-state index in [1.54, 1.807) is 7.05 Å². The van der Waals surface area contributed by atoms with E-state index in [0.717, 1.165) is 22.5 Å². The molecule has 0 saturated heterocycles. The summed E-state index contributed by atoms with van der Waals surface area (Å²) in [6.45, 7) is 3.62. The van der Waals surface area contributed by atoms with Gasteiger partial charge in [-0.05, 0) is 28.5 Å². The maximum Gasteiger partial charge on any atom is 0.271 e. The van der Waals surface area contributed by atoms with Crippen molar-refractivity contribution in [2.45, 2.75) is 6.04 Å². The van der Waals surface area contributed by atoms with Crippen molar-refractivity contribution in [3.05, 3.63) is 89.1 Å². The Bertz CT molecular complexity index is 1100. The normalized spacial score (nSPS) is 11.6. The number of nitrogens with one attached hydrogen (secondary N) is 2. The summed E-state index contributed by atoms with van der Waals surface area (Å²) < 4.78 is 1.28. The number of aryl methyl sites for hydroxylation is 1. The molecule has 0 fully saturated rings. The molecule has 3 rings (SSSR count). The van der Waals surface area contributed by atoms with E-state index in [1.807, 2.05) is 42.5 Å². The highest BCUT2D eigenvalue weighted by molar-refractivity contribution is 5.92. The Hall–Kier alpha value is -3.74. The summed E-state index contributed by atoms with van der Waals surface area (Å²) in [6.07, 6.45) is 3.64. The molecule has 1 atom stereocenters. The molecule has 142 valence electrons. The molecule has 0 aliphatic heterocycles. The van der Waals surface area contributed by atoms with Gasteiger partial charge in [-0.25, -0.2) is 4.98 Å². The number of carbonyl (C=O) groups excluding carboxylic acids is 2. The maximum absolute atomic E-state index is 12.6. The van der Waals surface area contributed by atoms with Crippen LogP contribution in [0.25, 0.3) is 10.8 Å². The van der Waals surface area contributed by atoms with Crippen molar-refractivity contribution < 1.29 is 9.59 Å². The minimum atomic E-state index is -0.486. The van der Waals surface area contributed by atoms with Crippen LogP contribution in [-0.2, 0) is 11.8 Å². The van der Waals surface area contributed by atoms with Gasteiger partial charge in [0.15, 0.2) is 0 Å². The third-order valence-corrected chi connectivity index (χ3v) is 4.36. The van der Waals surface area contributed by atoms with Crippen molar-refractivity contribution in [1.82, 2.24) is 20.2 Å². The summed E-state index contributed by atoms with van der Waals surface area (Å²) in [5.74, 6) is -0.776. The third-order valence-electron chi connectivity index (χ3n) is 4.36. The highest BCUT2D eigenvalue weighted by Gasteiger charge is 2.18. The Morgan fingerprint density at radius 3 is 2.68 bits per heavy atom. The van der Waals surface area contributed by atoms with Gasteiger partial charge in [0.25, 0.3) is 11.5 Å². The minimum absolute atomic E-state index is 0.114. The number of carbonyl (C=O) groups is 2. The molecule has 1 aromatic heterocycles. The molecule has 2 aromatic carbocycles. The van der Waals surface area contributed by atoms with Crippen LogP contribution < -0.4 is 16.2 Å². The summed E-state index contributed by atoms with van der Waals surface area (Å²) >= 11 is 0.